The average molecular weight is 341 g/mol. The van der Waals surface area contributed by atoms with Gasteiger partial charge in [-0.15, -0.1) is 0 Å². The van der Waals surface area contributed by atoms with Gasteiger partial charge in [-0.3, -0.25) is 4.79 Å². The fourth-order valence-electron chi connectivity index (χ4n) is 2.64. The summed E-state index contributed by atoms with van der Waals surface area (Å²) in [5, 5.41) is 6.02. The Hall–Kier alpha value is -3.22. The van der Waals surface area contributed by atoms with Crippen molar-refractivity contribution in [3.63, 3.8) is 0 Å². The Morgan fingerprint density at radius 3 is 2.84 bits per heavy atom. The molecular weight excluding hydrogens is 322 g/mol. The molecule has 0 atom stereocenters. The number of rotatable bonds is 5. The summed E-state index contributed by atoms with van der Waals surface area (Å²) in [6.07, 6.45) is 2.08. The summed E-state index contributed by atoms with van der Waals surface area (Å²) in [5.41, 5.74) is 2.76. The van der Waals surface area contributed by atoms with Gasteiger partial charge in [-0.05, 0) is 29.8 Å². The fraction of sp³-hybridized carbons (Fsp3) is 0.222. The first kappa shape index (κ1) is 16.6. The Labute approximate surface area is 145 Å². The normalized spacial score (nSPS) is 12.5. The van der Waals surface area contributed by atoms with Crippen LogP contribution in [-0.2, 0) is 16.0 Å². The Balaban J connectivity index is 1.67. The van der Waals surface area contributed by atoms with Crippen LogP contribution in [-0.4, -0.2) is 37.6 Å². The van der Waals surface area contributed by atoms with Crippen molar-refractivity contribution in [2.24, 2.45) is 0 Å². The van der Waals surface area contributed by atoms with Crippen LogP contribution >= 0.6 is 0 Å². The van der Waals surface area contributed by atoms with E-state index < -0.39 is 5.97 Å². The highest BCUT2D eigenvalue weighted by Crippen LogP contribution is 2.23. The van der Waals surface area contributed by atoms with Gasteiger partial charge in [-0.1, -0.05) is 12.1 Å². The van der Waals surface area contributed by atoms with E-state index >= 15 is 0 Å². The summed E-state index contributed by atoms with van der Waals surface area (Å²) in [5.74, 6) is 0.893. The Kier molecular flexibility index (Phi) is 4.74. The summed E-state index contributed by atoms with van der Waals surface area (Å²) in [6.45, 7) is 0.456. The Morgan fingerprint density at radius 1 is 1.24 bits per heavy atom. The molecule has 1 aromatic heterocycles. The molecule has 0 spiro atoms. The zero-order valence-electron chi connectivity index (χ0n) is 14.0. The molecule has 0 aliphatic carbocycles. The maximum atomic E-state index is 12.2. The molecule has 1 aromatic carbocycles. The molecule has 2 heterocycles. The quantitative estimate of drug-likeness (QED) is 0.723. The van der Waals surface area contributed by atoms with Crippen LogP contribution in [0, 0.1) is 0 Å². The van der Waals surface area contributed by atoms with E-state index in [9.17, 15) is 9.59 Å². The average Bonchev–Trinajstić information content (AvgIpc) is 3.04. The van der Waals surface area contributed by atoms with Gasteiger partial charge in [0, 0.05) is 11.3 Å². The van der Waals surface area contributed by atoms with Gasteiger partial charge in [0.25, 0.3) is 0 Å². The number of esters is 1. The molecule has 3 N–H and O–H groups in total. The van der Waals surface area contributed by atoms with Crippen molar-refractivity contribution in [3.8, 4) is 5.75 Å². The molecule has 1 amide bonds. The summed E-state index contributed by atoms with van der Waals surface area (Å²) < 4.78 is 9.85. The molecule has 0 bridgehead atoms. The van der Waals surface area contributed by atoms with E-state index in [1.165, 1.54) is 7.11 Å². The molecule has 1 aliphatic rings. The van der Waals surface area contributed by atoms with Crippen LogP contribution in [0.1, 0.15) is 21.6 Å². The summed E-state index contributed by atoms with van der Waals surface area (Å²) >= 11 is 0. The second kappa shape index (κ2) is 7.12. The first-order chi connectivity index (χ1) is 12.1. The number of aromatic amines is 1. The highest BCUT2D eigenvalue weighted by Gasteiger charge is 2.18. The van der Waals surface area contributed by atoms with Crippen molar-refractivity contribution in [2.45, 2.75) is 6.42 Å². The van der Waals surface area contributed by atoms with E-state index in [4.69, 9.17) is 9.47 Å². The van der Waals surface area contributed by atoms with Gasteiger partial charge in [0.1, 0.15) is 17.3 Å². The molecule has 0 fully saturated rings. The third kappa shape index (κ3) is 3.82. The maximum Gasteiger partial charge on any atom is 0.354 e. The lowest BCUT2D eigenvalue weighted by atomic mass is 10.1. The van der Waals surface area contributed by atoms with Gasteiger partial charge in [0.2, 0.25) is 5.91 Å². The molecular formula is C18H19N3O4. The lowest BCUT2D eigenvalue weighted by Gasteiger charge is -2.16. The third-order valence-corrected chi connectivity index (χ3v) is 3.84. The van der Waals surface area contributed by atoms with Crippen LogP contribution < -0.4 is 15.4 Å². The van der Waals surface area contributed by atoms with Crippen LogP contribution in [0.5, 0.6) is 5.75 Å². The summed E-state index contributed by atoms with van der Waals surface area (Å²) in [6, 6.07) is 9.08. The van der Waals surface area contributed by atoms with Crippen molar-refractivity contribution < 1.29 is 19.1 Å². The predicted molar refractivity (Wildman–Crippen MR) is 93.4 cm³/mol. The van der Waals surface area contributed by atoms with E-state index in [1.54, 1.807) is 13.2 Å². The van der Waals surface area contributed by atoms with Gasteiger partial charge >= 0.3 is 5.97 Å². The van der Waals surface area contributed by atoms with Gasteiger partial charge in [0.05, 0.1) is 27.2 Å². The van der Waals surface area contributed by atoms with Crippen molar-refractivity contribution in [1.82, 2.24) is 10.3 Å². The second-order valence-electron chi connectivity index (χ2n) is 5.60. The van der Waals surface area contributed by atoms with E-state index in [-0.39, 0.29) is 12.3 Å². The van der Waals surface area contributed by atoms with Crippen LogP contribution in [0.25, 0.3) is 6.08 Å². The predicted octanol–water partition coefficient (Wildman–Crippen LogP) is 1.94. The number of methoxy groups -OCH3 is 2. The fourth-order valence-corrected chi connectivity index (χ4v) is 2.64. The number of aromatic nitrogens is 1. The standard InChI is InChI=1S/C18H19N3O4/c1-24-14-5-3-4-11(6-14)7-16(22)20-13-8-12-9-15(18(23)25-2)21-17(12)19-10-13/h3-6,8-9,19,21H,7,10H2,1-2H3,(H,20,22). The topological polar surface area (TPSA) is 92.5 Å². The first-order valence-corrected chi connectivity index (χ1v) is 7.77. The van der Waals surface area contributed by atoms with Crippen molar-refractivity contribution in [1.29, 1.82) is 0 Å². The minimum absolute atomic E-state index is 0.117. The number of amides is 1. The van der Waals surface area contributed by atoms with Crippen molar-refractivity contribution in [3.05, 3.63) is 52.8 Å². The maximum absolute atomic E-state index is 12.2. The van der Waals surface area contributed by atoms with Crippen LogP contribution in [0.2, 0.25) is 0 Å². The number of carbonyl (C=O) groups excluding carboxylic acids is 2. The largest absolute Gasteiger partial charge is 0.497 e. The second-order valence-corrected chi connectivity index (χ2v) is 5.60. The highest BCUT2D eigenvalue weighted by atomic mass is 16.5. The number of ether oxygens (including phenoxy) is 2. The summed E-state index contributed by atoms with van der Waals surface area (Å²) in [4.78, 5) is 26.8. The molecule has 25 heavy (non-hydrogen) atoms. The number of carbonyl (C=O) groups is 2. The van der Waals surface area contributed by atoms with Crippen molar-refractivity contribution in [2.75, 3.05) is 26.1 Å². The number of hydrogen-bond donors (Lipinski definition) is 3. The molecule has 1 aliphatic heterocycles. The SMILES string of the molecule is COC(=O)c1cc2c([nH]1)NCC(NC(=O)Cc1cccc(OC)c1)=C2. The lowest BCUT2D eigenvalue weighted by Crippen LogP contribution is -2.29. The number of H-pyrrole nitrogens is 1. The van der Waals surface area contributed by atoms with Crippen LogP contribution in [0.4, 0.5) is 5.82 Å². The third-order valence-electron chi connectivity index (χ3n) is 3.84. The molecule has 130 valence electrons. The van der Waals surface area contributed by atoms with E-state index in [2.05, 4.69) is 15.6 Å². The van der Waals surface area contributed by atoms with E-state index in [1.807, 2.05) is 30.3 Å². The van der Waals surface area contributed by atoms with E-state index in [0.717, 1.165) is 28.4 Å². The van der Waals surface area contributed by atoms with Crippen molar-refractivity contribution >= 4 is 23.8 Å². The van der Waals surface area contributed by atoms with Gasteiger partial charge in [-0.25, -0.2) is 4.79 Å². The van der Waals surface area contributed by atoms with Gasteiger partial charge in [0.15, 0.2) is 0 Å². The monoisotopic (exact) mass is 341 g/mol. The number of benzene rings is 1. The Bertz CT molecular complexity index is 839. The minimum Gasteiger partial charge on any atom is -0.497 e. The number of hydrogen-bond acceptors (Lipinski definition) is 5. The summed E-state index contributed by atoms with van der Waals surface area (Å²) in [7, 11) is 2.92. The number of anilines is 1. The van der Waals surface area contributed by atoms with Gasteiger partial charge < -0.3 is 25.1 Å². The molecule has 0 radical (unpaired) electrons. The Morgan fingerprint density at radius 2 is 2.08 bits per heavy atom. The number of fused-ring (bicyclic) bond motifs is 1. The molecule has 2 aromatic rings. The number of nitrogens with one attached hydrogen (secondary N) is 3. The molecule has 0 unspecified atom stereocenters. The lowest BCUT2D eigenvalue weighted by molar-refractivity contribution is -0.119. The highest BCUT2D eigenvalue weighted by molar-refractivity contribution is 5.91. The van der Waals surface area contributed by atoms with Crippen LogP contribution in [0.3, 0.4) is 0 Å². The first-order valence-electron chi connectivity index (χ1n) is 7.77. The van der Waals surface area contributed by atoms with E-state index in [0.29, 0.717) is 12.2 Å². The smallest absolute Gasteiger partial charge is 0.354 e. The minimum atomic E-state index is -0.437. The zero-order chi connectivity index (χ0) is 17.8. The zero-order valence-corrected chi connectivity index (χ0v) is 14.0. The molecule has 7 heteroatoms. The molecule has 0 saturated carbocycles. The molecule has 0 saturated heterocycles. The molecule has 7 nitrogen and oxygen atoms in total. The van der Waals surface area contributed by atoms with Crippen LogP contribution in [0.15, 0.2) is 36.0 Å². The van der Waals surface area contributed by atoms with Gasteiger partial charge in [-0.2, -0.15) is 0 Å². The molecule has 3 rings (SSSR count).